The third-order valence-corrected chi connectivity index (χ3v) is 5.50. The minimum atomic E-state index is -2.76. The van der Waals surface area contributed by atoms with Crippen molar-refractivity contribution in [3.8, 4) is 22.8 Å². The van der Waals surface area contributed by atoms with Crippen LogP contribution in [-0.2, 0) is 6.54 Å². The molecule has 0 saturated carbocycles. The summed E-state index contributed by atoms with van der Waals surface area (Å²) in [5.41, 5.74) is 0.975. The summed E-state index contributed by atoms with van der Waals surface area (Å²) in [6.45, 7) is 0.243. The van der Waals surface area contributed by atoms with Gasteiger partial charge in [-0.25, -0.2) is 18.7 Å². The van der Waals surface area contributed by atoms with Gasteiger partial charge in [-0.3, -0.25) is 4.79 Å². The van der Waals surface area contributed by atoms with Crippen molar-refractivity contribution in [1.82, 2.24) is 14.5 Å². The summed E-state index contributed by atoms with van der Waals surface area (Å²) in [6.07, 6.45) is -0.677. The highest BCUT2D eigenvalue weighted by atomic mass is 32.2. The molecule has 0 aliphatic carbocycles. The number of aliphatic hydroxyl groups excluding tert-OH is 1. The molecule has 0 aliphatic heterocycles. The Morgan fingerprint density at radius 2 is 1.88 bits per heavy atom. The number of aromatic nitrogens is 3. The first kappa shape index (κ1) is 23.7. The van der Waals surface area contributed by atoms with E-state index in [1.54, 1.807) is 24.4 Å². The predicted octanol–water partition coefficient (Wildman–Crippen LogP) is 3.78. The molecule has 7 nitrogen and oxygen atoms in total. The molecule has 0 bridgehead atoms. The van der Waals surface area contributed by atoms with Gasteiger partial charge in [-0.2, -0.15) is 0 Å². The minimum Gasteiger partial charge on any atom is -0.493 e. The number of nitrogens with zero attached hydrogens (tertiary/aromatic N) is 3. The molecule has 32 heavy (non-hydrogen) atoms. The van der Waals surface area contributed by atoms with E-state index in [9.17, 15) is 13.6 Å². The number of thioether (sulfide) groups is 1. The van der Waals surface area contributed by atoms with Crippen molar-refractivity contribution < 1.29 is 23.4 Å². The molecule has 10 heteroatoms. The van der Waals surface area contributed by atoms with Crippen molar-refractivity contribution in [3.05, 3.63) is 64.2 Å². The van der Waals surface area contributed by atoms with E-state index in [1.165, 1.54) is 42.7 Å². The molecule has 0 spiro atoms. The molecule has 2 aromatic heterocycles. The first-order valence-corrected chi connectivity index (χ1v) is 10.8. The van der Waals surface area contributed by atoms with Gasteiger partial charge in [-0.15, -0.1) is 0 Å². The molecular weight excluding hydrogens is 440 g/mol. The molecule has 170 valence electrons. The van der Waals surface area contributed by atoms with Crippen LogP contribution < -0.4 is 15.0 Å². The van der Waals surface area contributed by atoms with Crippen LogP contribution in [0.3, 0.4) is 0 Å². The summed E-state index contributed by atoms with van der Waals surface area (Å²) in [4.78, 5) is 20.7. The largest absolute Gasteiger partial charge is 0.493 e. The van der Waals surface area contributed by atoms with Crippen LogP contribution in [0.2, 0.25) is 0 Å². The van der Waals surface area contributed by atoms with Crippen LogP contribution in [0.4, 0.5) is 8.78 Å². The van der Waals surface area contributed by atoms with Crippen molar-refractivity contribution in [1.29, 1.82) is 0 Å². The standard InChI is InChI=1S/C22H23F2N3O4S/c1-30-18-6-4-14(10-19(18)31-2)12-27-13-15(5-7-20(27)29)16-11-17(21(23)24)26-22(25-16)32-9-3-8-28/h4-7,10-11,13,21,28H,3,8-9,12H2,1-2H3. The number of methoxy groups -OCH3 is 2. The van der Waals surface area contributed by atoms with Crippen molar-refractivity contribution in [3.63, 3.8) is 0 Å². The Balaban J connectivity index is 1.95. The average Bonchev–Trinajstić information content (AvgIpc) is 2.80. The molecule has 0 atom stereocenters. The summed E-state index contributed by atoms with van der Waals surface area (Å²) < 4.78 is 38.8. The van der Waals surface area contributed by atoms with Crippen LogP contribution in [0.1, 0.15) is 24.1 Å². The highest BCUT2D eigenvalue weighted by Crippen LogP contribution is 2.29. The molecular formula is C22H23F2N3O4S. The Kier molecular flexibility index (Phi) is 8.18. The van der Waals surface area contributed by atoms with Crippen molar-refractivity contribution >= 4 is 11.8 Å². The number of halogens is 2. The van der Waals surface area contributed by atoms with Gasteiger partial charge in [0.1, 0.15) is 5.69 Å². The third kappa shape index (κ3) is 5.83. The van der Waals surface area contributed by atoms with Crippen LogP contribution >= 0.6 is 11.8 Å². The van der Waals surface area contributed by atoms with Crippen LogP contribution in [0.5, 0.6) is 11.5 Å². The summed E-state index contributed by atoms with van der Waals surface area (Å²) in [6, 6.07) is 9.48. The Labute approximate surface area is 188 Å². The zero-order chi connectivity index (χ0) is 23.1. The van der Waals surface area contributed by atoms with E-state index in [1.807, 2.05) is 6.07 Å². The molecule has 0 saturated heterocycles. The lowest BCUT2D eigenvalue weighted by atomic mass is 10.1. The fraction of sp³-hybridized carbons (Fsp3) is 0.318. The maximum Gasteiger partial charge on any atom is 0.280 e. The lowest BCUT2D eigenvalue weighted by molar-refractivity contribution is 0.145. The summed E-state index contributed by atoms with van der Waals surface area (Å²) >= 11 is 1.19. The Bertz CT molecular complexity index is 1120. The smallest absolute Gasteiger partial charge is 0.280 e. The molecule has 3 aromatic rings. The van der Waals surface area contributed by atoms with E-state index in [0.717, 1.165) is 5.56 Å². The number of hydrogen-bond acceptors (Lipinski definition) is 7. The van der Waals surface area contributed by atoms with Crippen molar-refractivity contribution in [2.45, 2.75) is 24.5 Å². The van der Waals surface area contributed by atoms with Crippen molar-refractivity contribution in [2.75, 3.05) is 26.6 Å². The van der Waals surface area contributed by atoms with E-state index in [4.69, 9.17) is 14.6 Å². The van der Waals surface area contributed by atoms with Crippen LogP contribution in [0, 0.1) is 0 Å². The van der Waals surface area contributed by atoms with Gasteiger partial charge in [0.05, 0.1) is 26.5 Å². The zero-order valence-corrected chi connectivity index (χ0v) is 18.4. The molecule has 0 radical (unpaired) electrons. The van der Waals surface area contributed by atoms with Gasteiger partial charge in [0.2, 0.25) is 0 Å². The highest BCUT2D eigenvalue weighted by Gasteiger charge is 2.15. The van der Waals surface area contributed by atoms with Crippen LogP contribution in [0.15, 0.2) is 52.5 Å². The van der Waals surface area contributed by atoms with Crippen molar-refractivity contribution in [2.24, 2.45) is 0 Å². The van der Waals surface area contributed by atoms with Gasteiger partial charge >= 0.3 is 0 Å². The number of aliphatic hydroxyl groups is 1. The van der Waals surface area contributed by atoms with Gasteiger partial charge in [-0.1, -0.05) is 17.8 Å². The summed E-state index contributed by atoms with van der Waals surface area (Å²) in [5.74, 6) is 1.61. The molecule has 1 N–H and O–H groups in total. The lowest BCUT2D eigenvalue weighted by Crippen LogP contribution is -2.19. The van der Waals surface area contributed by atoms with E-state index in [2.05, 4.69) is 9.97 Å². The van der Waals surface area contributed by atoms with E-state index in [-0.39, 0.29) is 29.6 Å². The van der Waals surface area contributed by atoms with Gasteiger partial charge in [0.15, 0.2) is 16.7 Å². The molecule has 0 fully saturated rings. The molecule has 2 heterocycles. The normalized spacial score (nSPS) is 11.1. The van der Waals surface area contributed by atoms with Crippen LogP contribution in [0.25, 0.3) is 11.3 Å². The number of rotatable bonds is 10. The number of pyridine rings is 1. The van der Waals surface area contributed by atoms with E-state index in [0.29, 0.717) is 34.9 Å². The fourth-order valence-corrected chi connectivity index (χ4v) is 3.77. The Hall–Kier alpha value is -2.98. The Morgan fingerprint density at radius 3 is 2.56 bits per heavy atom. The summed E-state index contributed by atoms with van der Waals surface area (Å²) in [5, 5.41) is 9.14. The van der Waals surface area contributed by atoms with Gasteiger partial charge in [-0.05, 0) is 36.2 Å². The van der Waals surface area contributed by atoms with Gasteiger partial charge in [0.25, 0.3) is 12.0 Å². The highest BCUT2D eigenvalue weighted by molar-refractivity contribution is 7.99. The summed E-state index contributed by atoms with van der Waals surface area (Å²) in [7, 11) is 3.07. The predicted molar refractivity (Wildman–Crippen MR) is 118 cm³/mol. The zero-order valence-electron chi connectivity index (χ0n) is 17.6. The monoisotopic (exact) mass is 463 g/mol. The number of benzene rings is 1. The fourth-order valence-electron chi connectivity index (χ4n) is 2.98. The molecule has 0 aliphatic rings. The number of ether oxygens (including phenoxy) is 2. The van der Waals surface area contributed by atoms with Gasteiger partial charge < -0.3 is 19.1 Å². The maximum absolute atomic E-state index is 13.4. The topological polar surface area (TPSA) is 86.5 Å². The van der Waals surface area contributed by atoms with Gasteiger partial charge in [0, 0.05) is 30.2 Å². The van der Waals surface area contributed by atoms with E-state index >= 15 is 0 Å². The second-order valence-electron chi connectivity index (χ2n) is 6.76. The number of hydrogen-bond donors (Lipinski definition) is 1. The minimum absolute atomic E-state index is 0.00446. The second-order valence-corrected chi connectivity index (χ2v) is 7.82. The molecule has 1 aromatic carbocycles. The first-order valence-electron chi connectivity index (χ1n) is 9.77. The maximum atomic E-state index is 13.4. The lowest BCUT2D eigenvalue weighted by Gasteiger charge is -2.12. The quantitative estimate of drug-likeness (QED) is 0.278. The SMILES string of the molecule is COc1ccc(Cn2cc(-c3cc(C(F)F)nc(SCCCO)n3)ccc2=O)cc1OC. The Morgan fingerprint density at radius 1 is 1.09 bits per heavy atom. The third-order valence-electron chi connectivity index (χ3n) is 4.56. The first-order chi connectivity index (χ1) is 15.4. The molecule has 3 rings (SSSR count). The number of alkyl halides is 2. The van der Waals surface area contributed by atoms with E-state index < -0.39 is 6.43 Å². The second kappa shape index (κ2) is 11.1. The van der Waals surface area contributed by atoms with Crippen LogP contribution in [-0.4, -0.2) is 46.2 Å². The molecule has 0 amide bonds. The average molecular weight is 464 g/mol. The molecule has 0 unspecified atom stereocenters.